The van der Waals surface area contributed by atoms with Gasteiger partial charge in [0.1, 0.15) is 0 Å². The molecule has 27 heavy (non-hydrogen) atoms. The summed E-state index contributed by atoms with van der Waals surface area (Å²) in [5.41, 5.74) is 1.86. The van der Waals surface area contributed by atoms with Crippen LogP contribution in [0.4, 0.5) is 0 Å². The lowest BCUT2D eigenvalue weighted by molar-refractivity contribution is -0.137. The van der Waals surface area contributed by atoms with Gasteiger partial charge in [-0.25, -0.2) is 0 Å². The third-order valence-corrected chi connectivity index (χ3v) is 4.32. The third-order valence-electron chi connectivity index (χ3n) is 4.32. The van der Waals surface area contributed by atoms with Crippen molar-refractivity contribution >= 4 is 18.1 Å². The summed E-state index contributed by atoms with van der Waals surface area (Å²) in [5, 5.41) is 38.2. The first-order valence-corrected chi connectivity index (χ1v) is 9.64. The van der Waals surface area contributed by atoms with Gasteiger partial charge in [0.2, 0.25) is 0 Å². The summed E-state index contributed by atoms with van der Waals surface area (Å²) in [6, 6.07) is 7.63. The SMILES string of the molecule is CCCCC[C@H](O)/C=C/c1ccc(/C=C/[C@@H](O)[C@@H](O)CCCC(=O)O)cc1. The number of carbonyl (C=O) groups is 1. The van der Waals surface area contributed by atoms with E-state index >= 15 is 0 Å². The average molecular weight is 376 g/mol. The second-order valence-electron chi connectivity index (χ2n) is 6.79. The molecule has 0 aliphatic carbocycles. The largest absolute Gasteiger partial charge is 0.481 e. The number of hydrogen-bond acceptors (Lipinski definition) is 4. The van der Waals surface area contributed by atoms with Crippen LogP contribution in [0.25, 0.3) is 12.2 Å². The molecule has 0 unspecified atom stereocenters. The molecule has 0 aliphatic heterocycles. The summed E-state index contributed by atoms with van der Waals surface area (Å²) < 4.78 is 0. The van der Waals surface area contributed by atoms with Crippen LogP contribution in [0.15, 0.2) is 36.4 Å². The zero-order valence-corrected chi connectivity index (χ0v) is 16.0. The van der Waals surface area contributed by atoms with Crippen molar-refractivity contribution in [3.05, 3.63) is 47.5 Å². The minimum absolute atomic E-state index is 0.0181. The summed E-state index contributed by atoms with van der Waals surface area (Å²) in [5.74, 6) is -0.908. The number of aliphatic hydroxyl groups excluding tert-OH is 3. The average Bonchev–Trinajstić information content (AvgIpc) is 2.65. The van der Waals surface area contributed by atoms with E-state index in [1.165, 1.54) is 6.08 Å². The number of carboxylic acids is 1. The molecule has 0 heterocycles. The van der Waals surface area contributed by atoms with E-state index in [9.17, 15) is 20.1 Å². The monoisotopic (exact) mass is 376 g/mol. The van der Waals surface area contributed by atoms with Crippen molar-refractivity contribution in [2.45, 2.75) is 70.2 Å². The fourth-order valence-electron chi connectivity index (χ4n) is 2.61. The molecule has 0 bridgehead atoms. The van der Waals surface area contributed by atoms with Gasteiger partial charge in [0.25, 0.3) is 0 Å². The van der Waals surface area contributed by atoms with Crippen LogP contribution < -0.4 is 0 Å². The highest BCUT2D eigenvalue weighted by molar-refractivity contribution is 5.66. The fourth-order valence-corrected chi connectivity index (χ4v) is 2.61. The summed E-state index contributed by atoms with van der Waals surface area (Å²) >= 11 is 0. The van der Waals surface area contributed by atoms with Gasteiger partial charge in [-0.2, -0.15) is 0 Å². The second-order valence-corrected chi connectivity index (χ2v) is 6.79. The molecule has 4 N–H and O–H groups in total. The van der Waals surface area contributed by atoms with Crippen LogP contribution in [0, 0.1) is 0 Å². The van der Waals surface area contributed by atoms with Gasteiger partial charge >= 0.3 is 5.97 Å². The number of benzene rings is 1. The maximum atomic E-state index is 10.5. The van der Waals surface area contributed by atoms with Gasteiger partial charge in [-0.3, -0.25) is 4.79 Å². The molecule has 0 fully saturated rings. The molecule has 1 rings (SSSR count). The molecule has 0 spiro atoms. The lowest BCUT2D eigenvalue weighted by atomic mass is 10.0. The maximum absolute atomic E-state index is 10.5. The number of aliphatic hydroxyl groups is 3. The lowest BCUT2D eigenvalue weighted by Gasteiger charge is -2.13. The van der Waals surface area contributed by atoms with E-state index in [1.54, 1.807) is 12.2 Å². The normalized spacial score (nSPS) is 15.3. The number of hydrogen-bond donors (Lipinski definition) is 4. The van der Waals surface area contributed by atoms with Crippen molar-refractivity contribution in [3.63, 3.8) is 0 Å². The summed E-state index contributed by atoms with van der Waals surface area (Å²) in [6.45, 7) is 2.14. The van der Waals surface area contributed by atoms with E-state index < -0.39 is 24.3 Å². The van der Waals surface area contributed by atoms with E-state index in [1.807, 2.05) is 30.3 Å². The highest BCUT2D eigenvalue weighted by Crippen LogP contribution is 2.12. The van der Waals surface area contributed by atoms with Gasteiger partial charge < -0.3 is 20.4 Å². The zero-order valence-electron chi connectivity index (χ0n) is 16.0. The Morgan fingerprint density at radius 2 is 1.52 bits per heavy atom. The van der Waals surface area contributed by atoms with E-state index in [4.69, 9.17) is 5.11 Å². The molecule has 0 aromatic heterocycles. The van der Waals surface area contributed by atoms with Crippen LogP contribution in [-0.4, -0.2) is 44.7 Å². The zero-order chi connectivity index (χ0) is 20.1. The molecule has 0 aliphatic rings. The van der Waals surface area contributed by atoms with Crippen LogP contribution in [0.5, 0.6) is 0 Å². The minimum atomic E-state index is -1.03. The molecule has 1 aromatic rings. The van der Waals surface area contributed by atoms with Gasteiger partial charge in [-0.05, 0) is 30.4 Å². The number of carboxylic acid groups (broad SMARTS) is 1. The Morgan fingerprint density at radius 3 is 2.07 bits per heavy atom. The summed E-state index contributed by atoms with van der Waals surface area (Å²) in [7, 11) is 0. The van der Waals surface area contributed by atoms with Crippen LogP contribution in [0.3, 0.4) is 0 Å². The van der Waals surface area contributed by atoms with Crippen molar-refractivity contribution in [1.29, 1.82) is 0 Å². The van der Waals surface area contributed by atoms with Gasteiger partial charge in [0.05, 0.1) is 18.3 Å². The molecular weight excluding hydrogens is 344 g/mol. The van der Waals surface area contributed by atoms with E-state index in [0.29, 0.717) is 6.42 Å². The molecule has 1 aromatic carbocycles. The molecule has 0 amide bonds. The van der Waals surface area contributed by atoms with E-state index in [2.05, 4.69) is 6.92 Å². The Labute approximate surface area is 161 Å². The number of unbranched alkanes of at least 4 members (excludes halogenated alkanes) is 2. The van der Waals surface area contributed by atoms with Crippen molar-refractivity contribution in [2.24, 2.45) is 0 Å². The Balaban J connectivity index is 2.46. The van der Waals surface area contributed by atoms with Crippen molar-refractivity contribution < 1.29 is 25.2 Å². The van der Waals surface area contributed by atoms with Crippen LogP contribution >= 0.6 is 0 Å². The molecule has 5 heteroatoms. The first-order valence-electron chi connectivity index (χ1n) is 9.64. The fraction of sp³-hybridized carbons (Fsp3) is 0.500. The topological polar surface area (TPSA) is 98.0 Å². The van der Waals surface area contributed by atoms with Gasteiger partial charge in [-0.1, -0.05) is 74.8 Å². The molecule has 0 saturated heterocycles. The lowest BCUT2D eigenvalue weighted by Crippen LogP contribution is -2.23. The predicted octanol–water partition coefficient (Wildman–Crippen LogP) is 3.63. The van der Waals surface area contributed by atoms with Gasteiger partial charge in [0, 0.05) is 6.42 Å². The quantitative estimate of drug-likeness (QED) is 0.394. The summed E-state index contributed by atoms with van der Waals surface area (Å²) in [6.07, 6.45) is 9.11. The van der Waals surface area contributed by atoms with Crippen molar-refractivity contribution in [2.75, 3.05) is 0 Å². The Kier molecular flexibility index (Phi) is 11.3. The van der Waals surface area contributed by atoms with Crippen molar-refractivity contribution in [1.82, 2.24) is 0 Å². The first kappa shape index (κ1) is 23.1. The standard InChI is InChI=1S/C22H32O5/c1-2-3-4-6-19(23)15-13-17-9-11-18(12-10-17)14-16-21(25)20(24)7-5-8-22(26)27/h9-16,19-21,23-25H,2-8H2,1H3,(H,26,27)/b15-13+,16-14+/t19-,20-,21+/m0/s1. The smallest absolute Gasteiger partial charge is 0.303 e. The number of aliphatic carboxylic acids is 1. The Hall–Kier alpha value is -1.95. The molecule has 0 saturated carbocycles. The van der Waals surface area contributed by atoms with Crippen LogP contribution in [-0.2, 0) is 4.79 Å². The minimum Gasteiger partial charge on any atom is -0.481 e. The van der Waals surface area contributed by atoms with Crippen LogP contribution in [0.1, 0.15) is 63.0 Å². The first-order chi connectivity index (χ1) is 12.9. The van der Waals surface area contributed by atoms with E-state index in [-0.39, 0.29) is 12.8 Å². The van der Waals surface area contributed by atoms with Gasteiger partial charge in [0.15, 0.2) is 0 Å². The Morgan fingerprint density at radius 1 is 0.926 bits per heavy atom. The highest BCUT2D eigenvalue weighted by atomic mass is 16.4. The van der Waals surface area contributed by atoms with Crippen LogP contribution in [0.2, 0.25) is 0 Å². The number of rotatable bonds is 13. The van der Waals surface area contributed by atoms with Crippen molar-refractivity contribution in [3.8, 4) is 0 Å². The highest BCUT2D eigenvalue weighted by Gasteiger charge is 2.13. The third kappa shape index (κ3) is 10.7. The molecule has 3 atom stereocenters. The maximum Gasteiger partial charge on any atom is 0.303 e. The molecular formula is C22H32O5. The summed E-state index contributed by atoms with van der Waals surface area (Å²) in [4.78, 5) is 10.5. The Bertz CT molecular complexity index is 591. The molecule has 150 valence electrons. The predicted molar refractivity (Wildman–Crippen MR) is 108 cm³/mol. The molecule has 0 radical (unpaired) electrons. The van der Waals surface area contributed by atoms with E-state index in [0.717, 1.165) is 36.8 Å². The van der Waals surface area contributed by atoms with Gasteiger partial charge in [-0.15, -0.1) is 0 Å². The second kappa shape index (κ2) is 13.3. The molecule has 5 nitrogen and oxygen atoms in total.